The van der Waals surface area contributed by atoms with Gasteiger partial charge in [0.2, 0.25) is 5.95 Å². The van der Waals surface area contributed by atoms with E-state index in [1.807, 2.05) is 50.2 Å². The van der Waals surface area contributed by atoms with E-state index in [1.54, 1.807) is 11.8 Å². The fourth-order valence-electron chi connectivity index (χ4n) is 4.47. The van der Waals surface area contributed by atoms with Crippen molar-refractivity contribution in [3.8, 4) is 17.2 Å². The first-order chi connectivity index (χ1) is 18.5. The quantitative estimate of drug-likeness (QED) is 0.240. The number of rotatable bonds is 12. The number of para-hydroxylation sites is 2. The number of ether oxygens (including phenoxy) is 3. The maximum Gasteiger partial charge on any atom is 0.255 e. The lowest BCUT2D eigenvalue weighted by molar-refractivity contribution is -0.113. The number of nitrogens with zero attached hydrogens (tertiary/aromatic N) is 3. The molecule has 0 saturated carbocycles. The van der Waals surface area contributed by atoms with E-state index >= 15 is 0 Å². The van der Waals surface area contributed by atoms with E-state index in [2.05, 4.69) is 43.6 Å². The van der Waals surface area contributed by atoms with Crippen LogP contribution in [-0.4, -0.2) is 41.0 Å². The molecule has 4 rings (SSSR count). The van der Waals surface area contributed by atoms with Gasteiger partial charge in [0.15, 0.2) is 11.5 Å². The van der Waals surface area contributed by atoms with Crippen molar-refractivity contribution in [1.29, 1.82) is 0 Å². The van der Waals surface area contributed by atoms with Crippen LogP contribution in [0.4, 0.5) is 11.6 Å². The lowest BCUT2D eigenvalue weighted by Crippen LogP contribution is -2.31. The number of amides is 1. The predicted molar refractivity (Wildman–Crippen MR) is 151 cm³/mol. The van der Waals surface area contributed by atoms with Crippen molar-refractivity contribution >= 4 is 33.5 Å². The second kappa shape index (κ2) is 12.8. The van der Waals surface area contributed by atoms with Crippen LogP contribution in [-0.2, 0) is 4.79 Å². The SMILES string of the molecule is CCCCCCOc1c(Br)cc(C2C(C(=O)Nc3ccccc3OCC)=C(C)Nc3ncnn32)cc1OC. The molecule has 2 aromatic carbocycles. The van der Waals surface area contributed by atoms with E-state index in [9.17, 15) is 4.79 Å². The summed E-state index contributed by atoms with van der Waals surface area (Å²) in [5.41, 5.74) is 2.56. The van der Waals surface area contributed by atoms with Crippen molar-refractivity contribution in [3.63, 3.8) is 0 Å². The third-order valence-corrected chi connectivity index (χ3v) is 6.87. The van der Waals surface area contributed by atoms with E-state index in [4.69, 9.17) is 14.2 Å². The molecule has 1 aliphatic rings. The Morgan fingerprint density at radius 3 is 2.71 bits per heavy atom. The molecular formula is C28H34BrN5O4. The smallest absolute Gasteiger partial charge is 0.255 e. The highest BCUT2D eigenvalue weighted by molar-refractivity contribution is 9.10. The van der Waals surface area contributed by atoms with E-state index < -0.39 is 6.04 Å². The van der Waals surface area contributed by atoms with Gasteiger partial charge in [-0.15, -0.1) is 0 Å². The maximum atomic E-state index is 13.8. The van der Waals surface area contributed by atoms with E-state index in [0.717, 1.165) is 22.9 Å². The highest BCUT2D eigenvalue weighted by Crippen LogP contribution is 2.43. The maximum absolute atomic E-state index is 13.8. The van der Waals surface area contributed by atoms with Gasteiger partial charge in [-0.05, 0) is 66.0 Å². The van der Waals surface area contributed by atoms with Gasteiger partial charge in [0, 0.05) is 5.70 Å². The Labute approximate surface area is 231 Å². The molecule has 1 amide bonds. The number of fused-ring (bicyclic) bond motifs is 1. The van der Waals surface area contributed by atoms with E-state index in [0.29, 0.717) is 53.4 Å². The average Bonchev–Trinajstić information content (AvgIpc) is 3.37. The number of nitrogens with one attached hydrogen (secondary N) is 2. The summed E-state index contributed by atoms with van der Waals surface area (Å²) in [7, 11) is 1.61. The molecule has 1 atom stereocenters. The Morgan fingerprint density at radius 1 is 1.13 bits per heavy atom. The normalized spacial score (nSPS) is 14.5. The number of hydrogen-bond acceptors (Lipinski definition) is 7. The van der Waals surface area contributed by atoms with Gasteiger partial charge in [0.05, 0.1) is 36.1 Å². The molecule has 10 heteroatoms. The first-order valence-electron chi connectivity index (χ1n) is 12.9. The van der Waals surface area contributed by atoms with Crippen LogP contribution in [0, 0.1) is 0 Å². The summed E-state index contributed by atoms with van der Waals surface area (Å²) in [6, 6.07) is 10.6. The fraction of sp³-hybridized carbons (Fsp3) is 0.393. The summed E-state index contributed by atoms with van der Waals surface area (Å²) in [4.78, 5) is 18.1. The molecule has 2 N–H and O–H groups in total. The summed E-state index contributed by atoms with van der Waals surface area (Å²) in [5.74, 6) is 2.08. The lowest BCUT2D eigenvalue weighted by Gasteiger charge is -2.29. The van der Waals surface area contributed by atoms with E-state index in [1.165, 1.54) is 19.2 Å². The van der Waals surface area contributed by atoms with Gasteiger partial charge < -0.3 is 24.8 Å². The number of hydrogen-bond donors (Lipinski definition) is 2. The second-order valence-corrected chi connectivity index (χ2v) is 9.78. The number of carbonyl (C=O) groups is 1. The number of benzene rings is 2. The Kier molecular flexibility index (Phi) is 9.28. The molecule has 1 aromatic heterocycles. The molecule has 0 aliphatic carbocycles. The fourth-order valence-corrected chi connectivity index (χ4v) is 5.05. The molecule has 9 nitrogen and oxygen atoms in total. The van der Waals surface area contributed by atoms with Crippen molar-refractivity contribution in [2.24, 2.45) is 0 Å². The third kappa shape index (κ3) is 5.96. The van der Waals surface area contributed by atoms with Crippen molar-refractivity contribution in [2.45, 2.75) is 52.5 Å². The van der Waals surface area contributed by atoms with Crippen molar-refractivity contribution in [1.82, 2.24) is 14.8 Å². The number of anilines is 2. The average molecular weight is 585 g/mol. The number of allylic oxidation sites excluding steroid dienone is 1. The van der Waals surface area contributed by atoms with Gasteiger partial charge in [-0.2, -0.15) is 10.1 Å². The van der Waals surface area contributed by atoms with Crippen molar-refractivity contribution < 1.29 is 19.0 Å². The number of methoxy groups -OCH3 is 1. The van der Waals surface area contributed by atoms with Crippen LogP contribution in [0.3, 0.4) is 0 Å². The number of unbranched alkanes of at least 4 members (excludes halogenated alkanes) is 3. The highest BCUT2D eigenvalue weighted by atomic mass is 79.9. The monoisotopic (exact) mass is 583 g/mol. The summed E-state index contributed by atoms with van der Waals surface area (Å²) < 4.78 is 20.0. The summed E-state index contributed by atoms with van der Waals surface area (Å²) in [6.07, 6.45) is 5.91. The minimum absolute atomic E-state index is 0.278. The molecular weight excluding hydrogens is 550 g/mol. The van der Waals surface area contributed by atoms with Gasteiger partial charge in [-0.25, -0.2) is 4.68 Å². The van der Waals surface area contributed by atoms with Gasteiger partial charge >= 0.3 is 0 Å². The summed E-state index contributed by atoms with van der Waals surface area (Å²) in [6.45, 7) is 7.03. The topological polar surface area (TPSA) is 99.5 Å². The Hall–Kier alpha value is -3.53. The number of aromatic nitrogens is 3. The molecule has 38 heavy (non-hydrogen) atoms. The van der Waals surface area contributed by atoms with Crippen LogP contribution < -0.4 is 24.8 Å². The molecule has 1 aliphatic heterocycles. The Bertz CT molecular complexity index is 1310. The largest absolute Gasteiger partial charge is 0.493 e. The zero-order valence-electron chi connectivity index (χ0n) is 22.2. The first-order valence-corrected chi connectivity index (χ1v) is 13.7. The molecule has 202 valence electrons. The van der Waals surface area contributed by atoms with Crippen LogP contribution in [0.25, 0.3) is 0 Å². The van der Waals surface area contributed by atoms with Crippen LogP contribution in [0.5, 0.6) is 17.2 Å². The minimum Gasteiger partial charge on any atom is -0.493 e. The van der Waals surface area contributed by atoms with Gasteiger partial charge in [0.1, 0.15) is 18.1 Å². The predicted octanol–water partition coefficient (Wildman–Crippen LogP) is 6.33. The van der Waals surface area contributed by atoms with Crippen LogP contribution in [0.15, 0.2) is 58.5 Å². The zero-order valence-corrected chi connectivity index (χ0v) is 23.8. The Morgan fingerprint density at radius 2 is 1.95 bits per heavy atom. The van der Waals surface area contributed by atoms with Crippen molar-refractivity contribution in [2.75, 3.05) is 31.0 Å². The standard InChI is InChI=1S/C28H34BrN5O4/c1-5-7-8-11-14-38-26-20(29)15-19(16-23(26)36-4)25-24(18(3)32-28-30-17-31-34(25)28)27(35)33-21-12-9-10-13-22(21)37-6-2/h9-10,12-13,15-17,25H,5-8,11,14H2,1-4H3,(H,33,35)(H,30,31,32). The van der Waals surface area contributed by atoms with Gasteiger partial charge in [0.25, 0.3) is 5.91 Å². The molecule has 3 aromatic rings. The van der Waals surface area contributed by atoms with Gasteiger partial charge in [-0.1, -0.05) is 38.3 Å². The van der Waals surface area contributed by atoms with E-state index in [-0.39, 0.29) is 5.91 Å². The van der Waals surface area contributed by atoms with Crippen LogP contribution in [0.2, 0.25) is 0 Å². The lowest BCUT2D eigenvalue weighted by atomic mass is 9.94. The second-order valence-electron chi connectivity index (χ2n) is 8.92. The zero-order chi connectivity index (χ0) is 27.1. The molecule has 0 fully saturated rings. The van der Waals surface area contributed by atoms with Crippen molar-refractivity contribution in [3.05, 3.63) is 64.0 Å². The molecule has 0 radical (unpaired) electrons. The molecule has 1 unspecified atom stereocenters. The first kappa shape index (κ1) is 27.5. The number of halogens is 1. The summed E-state index contributed by atoms with van der Waals surface area (Å²) >= 11 is 3.67. The molecule has 0 spiro atoms. The minimum atomic E-state index is -0.559. The number of carbonyl (C=O) groups excluding carboxylic acids is 1. The third-order valence-electron chi connectivity index (χ3n) is 6.29. The molecule has 0 saturated heterocycles. The Balaban J connectivity index is 1.69. The van der Waals surface area contributed by atoms with Crippen LogP contribution >= 0.6 is 15.9 Å². The van der Waals surface area contributed by atoms with Crippen LogP contribution in [0.1, 0.15) is 58.1 Å². The highest BCUT2D eigenvalue weighted by Gasteiger charge is 2.34. The molecule has 0 bridgehead atoms. The molecule has 2 heterocycles. The van der Waals surface area contributed by atoms with Gasteiger partial charge in [-0.3, -0.25) is 4.79 Å². The summed E-state index contributed by atoms with van der Waals surface area (Å²) in [5, 5.41) is 10.7.